The standard InChI is InChI=1S/C55H66N10O8/c1-36-46-33-57-55(60-51(46)65(42-5-3-4-6-42)54(70)50(36)37(2)66)58-48-15-10-43(32-56-48)63-23-21-61(22-24-63)25-26-71-27-28-72-29-30-73-44-11-7-38(8-12-44)34-62-19-17-39(18-20-62)40-9-13-45-41(31-40)35-64(53(45)69)47-14-16-49(67)59-52(47)68/h7-13,15,31-33,39,42,47H,3-6,14,16-30,34-35H2,1-2H3,(H,59,67,68)(H,56,57,58,60). The Morgan fingerprint density at radius 1 is 0.795 bits per heavy atom. The Hall–Kier alpha value is -6.60. The molecule has 18 nitrogen and oxygen atoms in total. The number of carbonyl (C=O) groups excluding carboxylic acids is 4. The Morgan fingerprint density at radius 2 is 1.55 bits per heavy atom. The molecule has 0 bridgehead atoms. The zero-order valence-corrected chi connectivity index (χ0v) is 42.0. The van der Waals surface area contributed by atoms with Crippen molar-refractivity contribution in [1.29, 1.82) is 0 Å². The number of likely N-dealkylation sites (tertiary alicyclic amines) is 1. The van der Waals surface area contributed by atoms with Gasteiger partial charge >= 0.3 is 0 Å². The molecule has 3 saturated heterocycles. The molecular weight excluding hydrogens is 929 g/mol. The summed E-state index contributed by atoms with van der Waals surface area (Å²) in [6.45, 7) is 13.6. The van der Waals surface area contributed by atoms with Crippen LogP contribution in [0.3, 0.4) is 0 Å². The molecule has 1 unspecified atom stereocenters. The highest BCUT2D eigenvalue weighted by Gasteiger charge is 2.39. The minimum absolute atomic E-state index is 0.0138. The minimum atomic E-state index is -0.596. The number of piperidine rings is 2. The molecule has 2 N–H and O–H groups in total. The molecule has 0 radical (unpaired) electrons. The second-order valence-electron chi connectivity index (χ2n) is 20.0. The van der Waals surface area contributed by atoms with Gasteiger partial charge in [-0.3, -0.25) is 43.7 Å². The Kier molecular flexibility index (Phi) is 15.5. The van der Waals surface area contributed by atoms with Crippen LogP contribution in [-0.4, -0.2) is 143 Å². The fraction of sp³-hybridized carbons (Fsp3) is 0.491. The van der Waals surface area contributed by atoms with E-state index in [1.54, 1.807) is 22.6 Å². The number of benzene rings is 2. The van der Waals surface area contributed by atoms with Crippen LogP contribution in [0.15, 0.2) is 71.8 Å². The maximum absolute atomic E-state index is 13.6. The number of ether oxygens (including phenoxy) is 3. The topological polar surface area (TPSA) is 194 Å². The first kappa shape index (κ1) is 50.0. The van der Waals surface area contributed by atoms with Crippen molar-refractivity contribution < 1.29 is 33.4 Å². The maximum Gasteiger partial charge on any atom is 0.263 e. The molecular formula is C55H66N10O8. The van der Waals surface area contributed by atoms with Crippen molar-refractivity contribution in [3.05, 3.63) is 111 Å². The van der Waals surface area contributed by atoms with Crippen LogP contribution >= 0.6 is 0 Å². The smallest absolute Gasteiger partial charge is 0.263 e. The summed E-state index contributed by atoms with van der Waals surface area (Å²) >= 11 is 0. The Bertz CT molecular complexity index is 2870. The number of carbonyl (C=O) groups is 4. The van der Waals surface area contributed by atoms with E-state index in [-0.39, 0.29) is 47.1 Å². The Labute approximate surface area is 425 Å². The monoisotopic (exact) mass is 995 g/mol. The molecule has 4 fully saturated rings. The third kappa shape index (κ3) is 11.5. The Morgan fingerprint density at radius 3 is 2.27 bits per heavy atom. The summed E-state index contributed by atoms with van der Waals surface area (Å²) in [5.74, 6) is 1.17. The number of nitrogens with one attached hydrogen (secondary N) is 2. The first-order valence-corrected chi connectivity index (χ1v) is 26.1. The van der Waals surface area contributed by atoms with Crippen molar-refractivity contribution in [3.63, 3.8) is 0 Å². The lowest BCUT2D eigenvalue weighted by Crippen LogP contribution is -2.52. The van der Waals surface area contributed by atoms with E-state index in [1.165, 1.54) is 18.1 Å². The average Bonchev–Trinajstić information content (AvgIpc) is 4.04. The predicted molar refractivity (Wildman–Crippen MR) is 276 cm³/mol. The molecule has 0 spiro atoms. The fourth-order valence-corrected chi connectivity index (χ4v) is 11.3. The van der Waals surface area contributed by atoms with Crippen LogP contribution in [0.4, 0.5) is 17.5 Å². The summed E-state index contributed by atoms with van der Waals surface area (Å²) < 4.78 is 19.3. The van der Waals surface area contributed by atoms with Crippen LogP contribution in [0.1, 0.15) is 113 Å². The second-order valence-corrected chi connectivity index (χ2v) is 20.0. The van der Waals surface area contributed by atoms with Crippen molar-refractivity contribution in [2.45, 2.75) is 96.3 Å². The van der Waals surface area contributed by atoms with E-state index in [2.05, 4.69) is 65.6 Å². The number of aromatic nitrogens is 4. The van der Waals surface area contributed by atoms with E-state index in [1.807, 2.05) is 30.5 Å². The second kappa shape index (κ2) is 22.7. The number of rotatable bonds is 19. The fourth-order valence-electron chi connectivity index (χ4n) is 11.3. The van der Waals surface area contributed by atoms with E-state index >= 15 is 0 Å². The summed E-state index contributed by atoms with van der Waals surface area (Å²) in [5.41, 5.74) is 6.29. The van der Waals surface area contributed by atoms with Crippen LogP contribution in [0.25, 0.3) is 11.0 Å². The molecule has 1 aliphatic carbocycles. The van der Waals surface area contributed by atoms with Crippen molar-refractivity contribution in [1.82, 2.24) is 39.5 Å². The first-order valence-electron chi connectivity index (χ1n) is 26.1. The number of ketones is 1. The lowest BCUT2D eigenvalue weighted by atomic mass is 9.87. The number of pyridine rings is 2. The molecule has 18 heteroatoms. The van der Waals surface area contributed by atoms with Gasteiger partial charge in [0.05, 0.1) is 43.9 Å². The first-order chi connectivity index (χ1) is 35.6. The van der Waals surface area contributed by atoms with E-state index < -0.39 is 6.04 Å². The number of hydrogen-bond donors (Lipinski definition) is 2. The maximum atomic E-state index is 13.6. The molecule has 73 heavy (non-hydrogen) atoms. The third-order valence-corrected chi connectivity index (χ3v) is 15.3. The average molecular weight is 995 g/mol. The van der Waals surface area contributed by atoms with E-state index in [0.29, 0.717) is 85.8 Å². The van der Waals surface area contributed by atoms with Crippen molar-refractivity contribution >= 4 is 52.0 Å². The van der Waals surface area contributed by atoms with Crippen molar-refractivity contribution in [2.24, 2.45) is 0 Å². The van der Waals surface area contributed by atoms with Gasteiger partial charge in [-0.25, -0.2) is 9.97 Å². The van der Waals surface area contributed by atoms with Crippen LogP contribution in [0.2, 0.25) is 0 Å². The molecule has 1 saturated carbocycles. The van der Waals surface area contributed by atoms with Gasteiger partial charge in [-0.15, -0.1) is 0 Å². The van der Waals surface area contributed by atoms with Gasteiger partial charge in [0.15, 0.2) is 5.78 Å². The molecule has 2 aromatic carbocycles. The number of nitrogens with zero attached hydrogens (tertiary/aromatic N) is 8. The van der Waals surface area contributed by atoms with Gasteiger partial charge in [-0.2, -0.15) is 4.98 Å². The molecule has 1 atom stereocenters. The highest BCUT2D eigenvalue weighted by atomic mass is 16.5. The number of imide groups is 1. The number of piperazine rings is 1. The van der Waals surface area contributed by atoms with Crippen molar-refractivity contribution in [3.8, 4) is 5.75 Å². The van der Waals surface area contributed by atoms with Gasteiger partial charge in [-0.1, -0.05) is 37.1 Å². The highest BCUT2D eigenvalue weighted by molar-refractivity contribution is 6.05. The number of amides is 3. The van der Waals surface area contributed by atoms with Gasteiger partial charge in [-0.05, 0) is 118 Å². The van der Waals surface area contributed by atoms with Crippen LogP contribution in [-0.2, 0) is 32.2 Å². The lowest BCUT2D eigenvalue weighted by Gasteiger charge is -2.35. The normalized spacial score (nSPS) is 19.2. The summed E-state index contributed by atoms with van der Waals surface area (Å²) in [7, 11) is 0. The number of anilines is 3. The van der Waals surface area contributed by atoms with Crippen LogP contribution in [0, 0.1) is 6.92 Å². The summed E-state index contributed by atoms with van der Waals surface area (Å²) in [6.07, 6.45) is 10.1. The number of fused-ring (bicyclic) bond motifs is 2. The summed E-state index contributed by atoms with van der Waals surface area (Å²) in [6, 6.07) is 17.8. The van der Waals surface area contributed by atoms with Crippen LogP contribution < -0.4 is 25.8 Å². The molecule has 384 valence electrons. The SMILES string of the molecule is CC(=O)c1c(C)c2cnc(Nc3ccc(N4CCN(CCOCCOCCOc5ccc(CN6CCC(c7ccc8c(c7)CN(C7CCC(=O)NC7=O)C8=O)CC6)cc5)CC4)cn3)nc2n(C2CCCC2)c1=O. The molecule has 10 rings (SSSR count). The van der Waals surface area contributed by atoms with Gasteiger partial charge in [0.25, 0.3) is 11.5 Å². The van der Waals surface area contributed by atoms with E-state index in [9.17, 15) is 24.0 Å². The highest BCUT2D eigenvalue weighted by Crippen LogP contribution is 2.35. The van der Waals surface area contributed by atoms with Gasteiger partial charge in [0.1, 0.15) is 29.9 Å². The van der Waals surface area contributed by atoms with Gasteiger partial charge < -0.3 is 29.3 Å². The molecule has 3 aromatic heterocycles. The zero-order chi connectivity index (χ0) is 50.4. The number of aryl methyl sites for hydroxylation is 1. The molecule has 5 aromatic rings. The molecule has 4 aliphatic heterocycles. The minimum Gasteiger partial charge on any atom is -0.491 e. The Balaban J connectivity index is 0.577. The quantitative estimate of drug-likeness (QED) is 0.0561. The largest absolute Gasteiger partial charge is 0.491 e. The number of Topliss-reactive ketones (excluding diaryl/α,β-unsaturated/α-hetero) is 1. The lowest BCUT2D eigenvalue weighted by molar-refractivity contribution is -0.136. The number of hydrogen-bond acceptors (Lipinski definition) is 15. The van der Waals surface area contributed by atoms with E-state index in [0.717, 1.165) is 108 Å². The summed E-state index contributed by atoms with van der Waals surface area (Å²) in [5, 5.41) is 6.31. The third-order valence-electron chi connectivity index (χ3n) is 15.3. The zero-order valence-electron chi connectivity index (χ0n) is 42.0. The van der Waals surface area contributed by atoms with Crippen LogP contribution in [0.5, 0.6) is 5.75 Å². The van der Waals surface area contributed by atoms with Gasteiger partial charge in [0.2, 0.25) is 17.8 Å². The predicted octanol–water partition coefficient (Wildman–Crippen LogP) is 5.93. The van der Waals surface area contributed by atoms with E-state index in [4.69, 9.17) is 19.2 Å². The van der Waals surface area contributed by atoms with Gasteiger partial charge in [0, 0.05) is 75.4 Å². The van der Waals surface area contributed by atoms with Crippen molar-refractivity contribution in [2.75, 3.05) is 89.1 Å². The molecule has 7 heterocycles. The molecule has 3 amide bonds. The summed E-state index contributed by atoms with van der Waals surface area (Å²) in [4.78, 5) is 86.2. The molecule has 5 aliphatic rings.